The molecule has 0 aromatic carbocycles. The van der Waals surface area contributed by atoms with Crippen molar-refractivity contribution in [3.63, 3.8) is 0 Å². The van der Waals surface area contributed by atoms with Crippen LogP contribution in [0.5, 0.6) is 0 Å². The second kappa shape index (κ2) is 4.65. The number of alkyl halides is 2. The summed E-state index contributed by atoms with van der Waals surface area (Å²) in [6, 6.07) is -1.21. The minimum absolute atomic E-state index is 0.0142. The third kappa shape index (κ3) is 4.93. The average molecular weight is 193 g/mol. The summed E-state index contributed by atoms with van der Waals surface area (Å²) >= 11 is 0. The zero-order chi connectivity index (χ0) is 10.6. The molecule has 0 radical (unpaired) electrons. The molecule has 0 aromatic rings. The summed E-state index contributed by atoms with van der Waals surface area (Å²) in [4.78, 5) is 11.1. The topological polar surface area (TPSA) is 43.1 Å². The van der Waals surface area contributed by atoms with E-state index >= 15 is 0 Å². The van der Waals surface area contributed by atoms with Crippen molar-refractivity contribution in [2.45, 2.75) is 45.6 Å². The Balaban J connectivity index is 3.84. The van der Waals surface area contributed by atoms with Gasteiger partial charge in [0.2, 0.25) is 0 Å². The van der Waals surface area contributed by atoms with Gasteiger partial charge in [0, 0.05) is 19.3 Å². The molecular weight excluding hydrogens is 176 g/mol. The van der Waals surface area contributed by atoms with Gasteiger partial charge in [-0.2, -0.15) is 0 Å². The summed E-state index contributed by atoms with van der Waals surface area (Å²) in [6.45, 7) is 4.27. The molecule has 0 heterocycles. The number of hydrogen-bond donors (Lipinski definition) is 1. The number of ketones is 1. The van der Waals surface area contributed by atoms with E-state index in [2.05, 4.69) is 0 Å². The number of hydrogen-bond acceptors (Lipinski definition) is 2. The van der Waals surface area contributed by atoms with Crippen molar-refractivity contribution < 1.29 is 13.6 Å². The van der Waals surface area contributed by atoms with Gasteiger partial charge in [0.15, 0.2) is 0 Å². The third-order valence-corrected chi connectivity index (χ3v) is 2.00. The molecule has 0 bridgehead atoms. The van der Waals surface area contributed by atoms with Gasteiger partial charge < -0.3 is 5.73 Å². The van der Waals surface area contributed by atoms with Crippen LogP contribution in [-0.4, -0.2) is 17.7 Å². The van der Waals surface area contributed by atoms with Gasteiger partial charge in [0.05, 0.1) is 6.04 Å². The maximum atomic E-state index is 12.5. The Bertz CT molecular complexity index is 175. The third-order valence-electron chi connectivity index (χ3n) is 2.00. The lowest BCUT2D eigenvalue weighted by atomic mass is 9.99. The van der Waals surface area contributed by atoms with Crippen LogP contribution in [0.4, 0.5) is 8.78 Å². The largest absolute Gasteiger partial charge is 0.323 e. The number of rotatable bonds is 5. The first-order chi connectivity index (χ1) is 5.75. The van der Waals surface area contributed by atoms with E-state index in [0.29, 0.717) is 0 Å². The molecule has 0 aromatic heterocycles. The zero-order valence-corrected chi connectivity index (χ0v) is 8.31. The van der Waals surface area contributed by atoms with Crippen LogP contribution in [0.2, 0.25) is 0 Å². The average Bonchev–Trinajstić information content (AvgIpc) is 1.97. The molecule has 0 saturated heterocycles. The molecule has 78 valence electrons. The predicted octanol–water partition coefficient (Wildman–Crippen LogP) is 1.97. The summed E-state index contributed by atoms with van der Waals surface area (Å²) in [5, 5.41) is 0. The standard InChI is InChI=1S/C9H17F2NO/c1-6(2)7(13)4-5-8(12)9(3,10)11/h6,8H,4-5,12H2,1-3H3. The fraction of sp³-hybridized carbons (Fsp3) is 0.889. The van der Waals surface area contributed by atoms with E-state index in [0.717, 1.165) is 6.92 Å². The van der Waals surface area contributed by atoms with E-state index in [-0.39, 0.29) is 24.5 Å². The van der Waals surface area contributed by atoms with Crippen molar-refractivity contribution in [3.8, 4) is 0 Å². The van der Waals surface area contributed by atoms with Crippen molar-refractivity contribution in [1.29, 1.82) is 0 Å². The molecule has 2 N–H and O–H groups in total. The minimum atomic E-state index is -2.89. The second-order valence-electron chi connectivity index (χ2n) is 3.72. The highest BCUT2D eigenvalue weighted by molar-refractivity contribution is 5.80. The number of halogens is 2. The van der Waals surface area contributed by atoms with E-state index < -0.39 is 12.0 Å². The van der Waals surface area contributed by atoms with E-state index in [4.69, 9.17) is 5.73 Å². The Morgan fingerprint density at radius 2 is 1.92 bits per heavy atom. The minimum Gasteiger partial charge on any atom is -0.323 e. The van der Waals surface area contributed by atoms with Gasteiger partial charge in [-0.15, -0.1) is 0 Å². The van der Waals surface area contributed by atoms with Gasteiger partial charge in [-0.3, -0.25) is 4.79 Å². The summed E-state index contributed by atoms with van der Waals surface area (Å²) in [7, 11) is 0. The number of Topliss-reactive ketones (excluding diaryl/α,β-unsaturated/α-hetero) is 1. The lowest BCUT2D eigenvalue weighted by molar-refractivity contribution is -0.122. The zero-order valence-electron chi connectivity index (χ0n) is 8.31. The highest BCUT2D eigenvalue weighted by Crippen LogP contribution is 2.19. The van der Waals surface area contributed by atoms with Crippen LogP contribution in [0.15, 0.2) is 0 Å². The van der Waals surface area contributed by atoms with Crippen LogP contribution >= 0.6 is 0 Å². The Kier molecular flexibility index (Phi) is 4.47. The molecule has 1 atom stereocenters. The van der Waals surface area contributed by atoms with Crippen LogP contribution in [0.3, 0.4) is 0 Å². The lowest BCUT2D eigenvalue weighted by Crippen LogP contribution is -2.38. The highest BCUT2D eigenvalue weighted by Gasteiger charge is 2.30. The molecule has 0 aliphatic carbocycles. The number of carbonyl (C=O) groups excluding carboxylic acids is 1. The molecular formula is C9H17F2NO. The molecule has 0 aliphatic rings. The maximum Gasteiger partial charge on any atom is 0.260 e. The quantitative estimate of drug-likeness (QED) is 0.725. The van der Waals surface area contributed by atoms with Gasteiger partial charge in [-0.05, 0) is 6.42 Å². The molecule has 2 nitrogen and oxygen atoms in total. The van der Waals surface area contributed by atoms with Crippen LogP contribution in [0.25, 0.3) is 0 Å². The normalized spacial score (nSPS) is 14.7. The summed E-state index contributed by atoms with van der Waals surface area (Å²) in [6.07, 6.45) is 0.197. The molecule has 0 aliphatic heterocycles. The molecule has 1 unspecified atom stereocenters. The first kappa shape index (κ1) is 12.5. The molecule has 0 amide bonds. The van der Waals surface area contributed by atoms with Crippen molar-refractivity contribution in [1.82, 2.24) is 0 Å². The Hall–Kier alpha value is -0.510. The van der Waals surface area contributed by atoms with E-state index in [1.54, 1.807) is 13.8 Å². The molecule has 0 spiro atoms. The predicted molar refractivity (Wildman–Crippen MR) is 47.7 cm³/mol. The first-order valence-electron chi connectivity index (χ1n) is 4.41. The number of nitrogens with two attached hydrogens (primary N) is 1. The summed E-state index contributed by atoms with van der Waals surface area (Å²) in [5.74, 6) is -3.01. The van der Waals surface area contributed by atoms with E-state index in [1.165, 1.54) is 0 Å². The Labute approximate surface area is 77.5 Å². The van der Waals surface area contributed by atoms with Gasteiger partial charge >= 0.3 is 0 Å². The summed E-state index contributed by atoms with van der Waals surface area (Å²) in [5.41, 5.74) is 5.20. The van der Waals surface area contributed by atoms with E-state index in [9.17, 15) is 13.6 Å². The fourth-order valence-electron chi connectivity index (χ4n) is 0.840. The van der Waals surface area contributed by atoms with E-state index in [1.807, 2.05) is 0 Å². The molecule has 0 saturated carbocycles. The van der Waals surface area contributed by atoms with Crippen molar-refractivity contribution >= 4 is 5.78 Å². The van der Waals surface area contributed by atoms with Crippen LogP contribution in [0, 0.1) is 5.92 Å². The lowest BCUT2D eigenvalue weighted by Gasteiger charge is -2.18. The van der Waals surface area contributed by atoms with Gasteiger partial charge in [0.25, 0.3) is 5.92 Å². The smallest absolute Gasteiger partial charge is 0.260 e. The van der Waals surface area contributed by atoms with Crippen molar-refractivity contribution in [2.75, 3.05) is 0 Å². The van der Waals surface area contributed by atoms with Crippen LogP contribution < -0.4 is 5.73 Å². The van der Waals surface area contributed by atoms with Crippen LogP contribution in [0.1, 0.15) is 33.6 Å². The first-order valence-corrected chi connectivity index (χ1v) is 4.41. The fourth-order valence-corrected chi connectivity index (χ4v) is 0.840. The molecule has 13 heavy (non-hydrogen) atoms. The monoisotopic (exact) mass is 193 g/mol. The molecule has 0 fully saturated rings. The summed E-state index contributed by atoms with van der Waals surface area (Å²) < 4.78 is 25.1. The van der Waals surface area contributed by atoms with Gasteiger partial charge in [0.1, 0.15) is 5.78 Å². The van der Waals surface area contributed by atoms with Gasteiger partial charge in [-0.1, -0.05) is 13.8 Å². The maximum absolute atomic E-state index is 12.5. The van der Waals surface area contributed by atoms with Crippen molar-refractivity contribution in [2.24, 2.45) is 11.7 Å². The Morgan fingerprint density at radius 3 is 2.23 bits per heavy atom. The molecule has 4 heteroatoms. The van der Waals surface area contributed by atoms with Crippen molar-refractivity contribution in [3.05, 3.63) is 0 Å². The van der Waals surface area contributed by atoms with Crippen LogP contribution in [-0.2, 0) is 4.79 Å². The highest BCUT2D eigenvalue weighted by atomic mass is 19.3. The van der Waals surface area contributed by atoms with Gasteiger partial charge in [-0.25, -0.2) is 8.78 Å². The second-order valence-corrected chi connectivity index (χ2v) is 3.72. The SMILES string of the molecule is CC(C)C(=O)CCC(N)C(C)(F)F. The molecule has 0 rings (SSSR count). The number of carbonyl (C=O) groups is 1. The Morgan fingerprint density at radius 1 is 1.46 bits per heavy atom.